The Morgan fingerprint density at radius 1 is 0.724 bits per heavy atom. The van der Waals surface area contributed by atoms with Crippen molar-refractivity contribution in [2.24, 2.45) is 9.98 Å². The quantitative estimate of drug-likeness (QED) is 0.425. The highest BCUT2D eigenvalue weighted by molar-refractivity contribution is 7.42. The van der Waals surface area contributed by atoms with Crippen LogP contribution in [0, 0.1) is 0 Å². The van der Waals surface area contributed by atoms with Gasteiger partial charge in [-0.15, -0.1) is 0 Å². The monoisotopic (exact) mass is 424 g/mol. The van der Waals surface area contributed by atoms with Gasteiger partial charge in [0.15, 0.2) is 0 Å². The molecule has 7 heteroatoms. The summed E-state index contributed by atoms with van der Waals surface area (Å²) in [5.41, 5.74) is 3.50. The van der Waals surface area contributed by atoms with Gasteiger partial charge in [0, 0.05) is 28.6 Å². The molecule has 0 bridgehead atoms. The van der Waals surface area contributed by atoms with E-state index in [1.807, 2.05) is 48.5 Å². The average molecular weight is 425 g/mol. The lowest BCUT2D eigenvalue weighted by Crippen LogP contribution is -1.99. The third kappa shape index (κ3) is 5.49. The number of aliphatic imine (C=N–C) groups is 2. The van der Waals surface area contributed by atoms with Gasteiger partial charge in [0.1, 0.15) is 5.75 Å². The van der Waals surface area contributed by atoms with Gasteiger partial charge in [-0.05, 0) is 36.4 Å². The second kappa shape index (κ2) is 9.77. The summed E-state index contributed by atoms with van der Waals surface area (Å²) < 4.78 is 18.0. The highest BCUT2D eigenvalue weighted by Crippen LogP contribution is 2.43. The Balaban J connectivity index is 1.63. The van der Waals surface area contributed by atoms with Gasteiger partial charge in [-0.3, -0.25) is 19.0 Å². The van der Waals surface area contributed by atoms with Crippen molar-refractivity contribution in [3.8, 4) is 5.75 Å². The number of fused-ring (bicyclic) bond motifs is 2. The lowest BCUT2D eigenvalue weighted by atomic mass is 10.2. The summed E-state index contributed by atoms with van der Waals surface area (Å²) in [5.74, 6) is 0.627. The van der Waals surface area contributed by atoms with E-state index in [1.165, 1.54) is 0 Å². The number of rotatable bonds is 2. The van der Waals surface area contributed by atoms with E-state index in [4.69, 9.17) is 25.2 Å². The molecule has 0 aromatic heterocycles. The summed E-state index contributed by atoms with van der Waals surface area (Å²) in [6.45, 7) is 0.622. The molecule has 1 aliphatic heterocycles. The lowest BCUT2D eigenvalue weighted by molar-refractivity contribution is 0.192. The SMILES string of the molecule is Clc1ccc(OP2OCc3ccccc3N=CC=Nc3ccccc3CO2)cc1. The number of nitrogens with zero attached hydrogens (tertiary/aromatic N) is 2. The maximum Gasteiger partial charge on any atom is 0.397 e. The molecule has 0 fully saturated rings. The molecule has 3 aromatic rings. The molecule has 0 saturated heterocycles. The molecule has 1 heterocycles. The van der Waals surface area contributed by atoms with Crippen LogP contribution < -0.4 is 4.52 Å². The molecule has 3 aromatic carbocycles. The standard InChI is InChI=1S/C22H18ClN2O3P/c23-19-9-11-20(12-10-19)28-29-26-15-17-5-1-3-7-21(17)24-13-14-25-22-8-4-2-6-18(22)16-27-29/h1-14H,15-16H2. The minimum atomic E-state index is -1.66. The van der Waals surface area contributed by atoms with Gasteiger partial charge in [-0.25, -0.2) is 0 Å². The van der Waals surface area contributed by atoms with E-state index in [9.17, 15) is 0 Å². The van der Waals surface area contributed by atoms with Crippen LogP contribution in [-0.4, -0.2) is 12.4 Å². The van der Waals surface area contributed by atoms with Crippen molar-refractivity contribution in [1.82, 2.24) is 0 Å². The van der Waals surface area contributed by atoms with E-state index in [-0.39, 0.29) is 0 Å². The van der Waals surface area contributed by atoms with Gasteiger partial charge in [0.05, 0.1) is 24.6 Å². The molecule has 0 amide bonds. The van der Waals surface area contributed by atoms with Crippen LogP contribution >= 0.6 is 20.2 Å². The second-order valence-corrected chi connectivity index (χ2v) is 7.71. The molecule has 0 atom stereocenters. The van der Waals surface area contributed by atoms with Gasteiger partial charge < -0.3 is 4.52 Å². The topological polar surface area (TPSA) is 52.4 Å². The zero-order chi connectivity index (χ0) is 19.9. The molecule has 1 aliphatic rings. The van der Waals surface area contributed by atoms with E-state index in [1.54, 1.807) is 36.7 Å². The number of hydrogen-bond donors (Lipinski definition) is 0. The normalized spacial score (nSPS) is 16.7. The summed E-state index contributed by atoms with van der Waals surface area (Å²) in [5, 5.41) is 0.639. The van der Waals surface area contributed by atoms with Crippen molar-refractivity contribution in [2.75, 3.05) is 0 Å². The van der Waals surface area contributed by atoms with Gasteiger partial charge >= 0.3 is 8.60 Å². The van der Waals surface area contributed by atoms with Crippen molar-refractivity contribution in [1.29, 1.82) is 0 Å². The fourth-order valence-electron chi connectivity index (χ4n) is 2.66. The summed E-state index contributed by atoms with van der Waals surface area (Å²) in [6, 6.07) is 22.7. The Bertz CT molecular complexity index is 965. The second-order valence-electron chi connectivity index (χ2n) is 6.13. The zero-order valence-electron chi connectivity index (χ0n) is 15.4. The highest BCUT2D eigenvalue weighted by Gasteiger charge is 2.18. The minimum Gasteiger partial charge on any atom is -0.427 e. The summed E-state index contributed by atoms with van der Waals surface area (Å²) >= 11 is 5.96. The minimum absolute atomic E-state index is 0.311. The molecule has 0 spiro atoms. The number of benzene rings is 3. The third-order valence-corrected chi connectivity index (χ3v) is 5.41. The first-order valence-corrected chi connectivity index (χ1v) is 10.5. The molecule has 0 saturated carbocycles. The fourth-order valence-corrected chi connectivity index (χ4v) is 3.75. The molecule has 29 heavy (non-hydrogen) atoms. The van der Waals surface area contributed by atoms with E-state index >= 15 is 0 Å². The third-order valence-electron chi connectivity index (χ3n) is 4.12. The van der Waals surface area contributed by atoms with Crippen molar-refractivity contribution >= 4 is 44.0 Å². The van der Waals surface area contributed by atoms with E-state index in [0.717, 1.165) is 22.5 Å². The number of para-hydroxylation sites is 2. The van der Waals surface area contributed by atoms with Gasteiger partial charge in [-0.2, -0.15) is 0 Å². The Morgan fingerprint density at radius 3 is 1.79 bits per heavy atom. The first-order valence-electron chi connectivity index (χ1n) is 9.00. The highest BCUT2D eigenvalue weighted by atomic mass is 35.5. The molecule has 0 N–H and O–H groups in total. The number of hydrogen-bond acceptors (Lipinski definition) is 5. The van der Waals surface area contributed by atoms with Gasteiger partial charge in [0.25, 0.3) is 0 Å². The smallest absolute Gasteiger partial charge is 0.397 e. The average Bonchev–Trinajstić information content (AvgIpc) is 2.77. The molecular formula is C22H18ClN2O3P. The fraction of sp³-hybridized carbons (Fsp3) is 0.0909. The first-order chi connectivity index (χ1) is 14.3. The largest absolute Gasteiger partial charge is 0.427 e. The summed E-state index contributed by atoms with van der Waals surface area (Å²) in [6.07, 6.45) is 3.36. The maximum absolute atomic E-state index is 6.00. The molecule has 146 valence electrons. The molecule has 5 nitrogen and oxygen atoms in total. The Labute approximate surface area is 175 Å². The molecular weight excluding hydrogens is 407 g/mol. The van der Waals surface area contributed by atoms with Gasteiger partial charge in [0.2, 0.25) is 0 Å². The van der Waals surface area contributed by atoms with Crippen LogP contribution in [0.15, 0.2) is 82.8 Å². The Hall–Kier alpha value is -2.56. The summed E-state index contributed by atoms with van der Waals surface area (Å²) in [7, 11) is -1.66. The predicted molar refractivity (Wildman–Crippen MR) is 118 cm³/mol. The van der Waals surface area contributed by atoms with E-state index in [0.29, 0.717) is 24.0 Å². The van der Waals surface area contributed by atoms with Crippen LogP contribution in [-0.2, 0) is 22.3 Å². The van der Waals surface area contributed by atoms with Crippen LogP contribution in [0.5, 0.6) is 5.75 Å². The molecule has 4 rings (SSSR count). The van der Waals surface area contributed by atoms with Gasteiger partial charge in [-0.1, -0.05) is 48.0 Å². The van der Waals surface area contributed by atoms with Crippen LogP contribution in [0.4, 0.5) is 11.4 Å². The summed E-state index contributed by atoms with van der Waals surface area (Å²) in [4.78, 5) is 9.00. The molecule has 0 unspecified atom stereocenters. The van der Waals surface area contributed by atoms with Crippen LogP contribution in [0.1, 0.15) is 11.1 Å². The predicted octanol–water partition coefficient (Wildman–Crippen LogP) is 6.80. The Kier molecular flexibility index (Phi) is 6.65. The zero-order valence-corrected chi connectivity index (χ0v) is 17.1. The van der Waals surface area contributed by atoms with Crippen molar-refractivity contribution < 1.29 is 13.6 Å². The van der Waals surface area contributed by atoms with E-state index < -0.39 is 8.60 Å². The number of halogens is 1. The molecule has 0 aliphatic carbocycles. The van der Waals surface area contributed by atoms with Crippen LogP contribution in [0.25, 0.3) is 0 Å². The van der Waals surface area contributed by atoms with E-state index in [2.05, 4.69) is 9.98 Å². The molecule has 0 radical (unpaired) electrons. The lowest BCUT2D eigenvalue weighted by Gasteiger charge is -2.18. The maximum atomic E-state index is 6.00. The van der Waals surface area contributed by atoms with Crippen LogP contribution in [0.3, 0.4) is 0 Å². The van der Waals surface area contributed by atoms with Crippen molar-refractivity contribution in [3.05, 3.63) is 88.9 Å². The first kappa shape index (κ1) is 19.7. The Morgan fingerprint density at radius 2 is 1.24 bits per heavy atom. The van der Waals surface area contributed by atoms with Crippen LogP contribution in [0.2, 0.25) is 5.02 Å². The van der Waals surface area contributed by atoms with Crippen molar-refractivity contribution in [3.63, 3.8) is 0 Å². The van der Waals surface area contributed by atoms with Crippen molar-refractivity contribution in [2.45, 2.75) is 13.2 Å².